The number of benzene rings is 1. The number of carbonyl (C=O) groups is 1. The second-order valence-electron chi connectivity index (χ2n) is 7.08. The van der Waals surface area contributed by atoms with Gasteiger partial charge in [0.1, 0.15) is 13.2 Å². The monoisotopic (exact) mass is 317 g/mol. The van der Waals surface area contributed by atoms with Gasteiger partial charge in [-0.05, 0) is 54.7 Å². The Morgan fingerprint density at radius 3 is 2.65 bits per heavy atom. The van der Waals surface area contributed by atoms with Crippen LogP contribution in [-0.4, -0.2) is 25.7 Å². The van der Waals surface area contributed by atoms with Gasteiger partial charge in [0.15, 0.2) is 11.5 Å². The van der Waals surface area contributed by atoms with E-state index < -0.39 is 0 Å². The second kappa shape index (κ2) is 7.24. The third kappa shape index (κ3) is 4.40. The van der Waals surface area contributed by atoms with E-state index in [0.717, 1.165) is 24.5 Å². The molecule has 1 aliphatic heterocycles. The van der Waals surface area contributed by atoms with E-state index in [1.807, 2.05) is 6.07 Å². The van der Waals surface area contributed by atoms with Gasteiger partial charge in [0, 0.05) is 13.0 Å². The average Bonchev–Trinajstić information content (AvgIpc) is 3.36. The molecule has 23 heavy (non-hydrogen) atoms. The zero-order valence-electron chi connectivity index (χ0n) is 14.1. The predicted molar refractivity (Wildman–Crippen MR) is 90.0 cm³/mol. The van der Waals surface area contributed by atoms with Gasteiger partial charge in [0.05, 0.1) is 0 Å². The van der Waals surface area contributed by atoms with Gasteiger partial charge in [0.25, 0.3) is 0 Å². The number of fused-ring (bicyclic) bond motifs is 1. The summed E-state index contributed by atoms with van der Waals surface area (Å²) in [4.78, 5) is 12.3. The molecule has 1 saturated carbocycles. The topological polar surface area (TPSA) is 47.6 Å². The molecule has 2 aliphatic rings. The van der Waals surface area contributed by atoms with Gasteiger partial charge in [-0.2, -0.15) is 0 Å². The highest BCUT2D eigenvalue weighted by molar-refractivity contribution is 5.77. The SMILES string of the molecule is CC(C)CCNC(=O)CC(c1ccc2c(c1)OCCO2)C1CC1. The maximum Gasteiger partial charge on any atom is 0.220 e. The van der Waals surface area contributed by atoms with Gasteiger partial charge in [-0.3, -0.25) is 4.79 Å². The molecule has 0 aromatic heterocycles. The summed E-state index contributed by atoms with van der Waals surface area (Å²) in [6.07, 6.45) is 4.04. The Labute approximate surface area is 138 Å². The van der Waals surface area contributed by atoms with Gasteiger partial charge in [-0.25, -0.2) is 0 Å². The Balaban J connectivity index is 1.63. The van der Waals surface area contributed by atoms with Crippen LogP contribution in [0.5, 0.6) is 11.5 Å². The van der Waals surface area contributed by atoms with Gasteiger partial charge >= 0.3 is 0 Å². The standard InChI is InChI=1S/C19H27NO3/c1-13(2)7-8-20-19(21)12-16(14-3-4-14)15-5-6-17-18(11-15)23-10-9-22-17/h5-6,11,13-14,16H,3-4,7-10,12H2,1-2H3,(H,20,21). The fourth-order valence-electron chi connectivity index (χ4n) is 3.12. The van der Waals surface area contributed by atoms with Crippen molar-refractivity contribution in [3.8, 4) is 11.5 Å². The van der Waals surface area contributed by atoms with Crippen molar-refractivity contribution in [1.29, 1.82) is 0 Å². The largest absolute Gasteiger partial charge is 0.486 e. The summed E-state index contributed by atoms with van der Waals surface area (Å²) in [6.45, 7) is 6.33. The van der Waals surface area contributed by atoms with E-state index in [-0.39, 0.29) is 5.91 Å². The van der Waals surface area contributed by atoms with E-state index in [4.69, 9.17) is 9.47 Å². The first-order valence-electron chi connectivity index (χ1n) is 8.79. The molecule has 1 amide bonds. The lowest BCUT2D eigenvalue weighted by atomic mass is 9.90. The van der Waals surface area contributed by atoms with Crippen LogP contribution >= 0.6 is 0 Å². The van der Waals surface area contributed by atoms with Crippen molar-refractivity contribution < 1.29 is 14.3 Å². The molecule has 0 saturated heterocycles. The summed E-state index contributed by atoms with van der Waals surface area (Å²) in [5.74, 6) is 3.35. The third-order valence-electron chi connectivity index (χ3n) is 4.63. The maximum absolute atomic E-state index is 12.3. The summed E-state index contributed by atoms with van der Waals surface area (Å²) >= 11 is 0. The van der Waals surface area contributed by atoms with Crippen LogP contribution in [0.3, 0.4) is 0 Å². The van der Waals surface area contributed by atoms with Crippen molar-refractivity contribution in [2.45, 2.75) is 45.4 Å². The quantitative estimate of drug-likeness (QED) is 0.837. The van der Waals surface area contributed by atoms with Crippen molar-refractivity contribution in [2.24, 2.45) is 11.8 Å². The van der Waals surface area contributed by atoms with Crippen LogP contribution in [0.25, 0.3) is 0 Å². The van der Waals surface area contributed by atoms with E-state index in [0.29, 0.717) is 37.4 Å². The molecule has 0 spiro atoms. The fourth-order valence-corrected chi connectivity index (χ4v) is 3.12. The lowest BCUT2D eigenvalue weighted by Gasteiger charge is -2.22. The molecule has 1 aliphatic carbocycles. The van der Waals surface area contributed by atoms with Crippen LogP contribution in [0.15, 0.2) is 18.2 Å². The molecular formula is C19H27NO3. The van der Waals surface area contributed by atoms with Gasteiger partial charge in [0.2, 0.25) is 5.91 Å². The normalized spacial score (nSPS) is 17.9. The average molecular weight is 317 g/mol. The van der Waals surface area contributed by atoms with Crippen molar-refractivity contribution in [3.05, 3.63) is 23.8 Å². The third-order valence-corrected chi connectivity index (χ3v) is 4.63. The summed E-state index contributed by atoms with van der Waals surface area (Å²) in [5, 5.41) is 3.06. The molecule has 3 rings (SSSR count). The lowest BCUT2D eigenvalue weighted by Crippen LogP contribution is -2.27. The molecule has 1 aromatic rings. The fraction of sp³-hybridized carbons (Fsp3) is 0.632. The van der Waals surface area contributed by atoms with Crippen LogP contribution in [0.1, 0.15) is 51.0 Å². The molecule has 4 heteroatoms. The van der Waals surface area contributed by atoms with Crippen molar-refractivity contribution in [2.75, 3.05) is 19.8 Å². The number of amides is 1. The number of rotatable bonds is 7. The molecular weight excluding hydrogens is 290 g/mol. The van der Waals surface area contributed by atoms with E-state index in [2.05, 4.69) is 31.3 Å². The molecule has 126 valence electrons. The number of hydrogen-bond donors (Lipinski definition) is 1. The second-order valence-corrected chi connectivity index (χ2v) is 7.08. The van der Waals surface area contributed by atoms with E-state index in [9.17, 15) is 4.79 Å². The van der Waals surface area contributed by atoms with Gasteiger partial charge < -0.3 is 14.8 Å². The molecule has 0 radical (unpaired) electrons. The highest BCUT2D eigenvalue weighted by Gasteiger charge is 2.34. The predicted octanol–water partition coefficient (Wildman–Crippen LogP) is 3.50. The van der Waals surface area contributed by atoms with Gasteiger partial charge in [-0.1, -0.05) is 19.9 Å². The number of hydrogen-bond acceptors (Lipinski definition) is 3. The molecule has 1 N–H and O–H groups in total. The van der Waals surface area contributed by atoms with Gasteiger partial charge in [-0.15, -0.1) is 0 Å². The van der Waals surface area contributed by atoms with Crippen molar-refractivity contribution >= 4 is 5.91 Å². The molecule has 1 unspecified atom stereocenters. The van der Waals surface area contributed by atoms with Crippen LogP contribution in [-0.2, 0) is 4.79 Å². The van der Waals surface area contributed by atoms with Crippen LogP contribution < -0.4 is 14.8 Å². The first kappa shape index (κ1) is 16.2. The molecule has 1 heterocycles. The summed E-state index contributed by atoms with van der Waals surface area (Å²) in [5.41, 5.74) is 1.20. The Kier molecular flexibility index (Phi) is 5.09. The first-order valence-corrected chi connectivity index (χ1v) is 8.79. The summed E-state index contributed by atoms with van der Waals surface area (Å²) in [6, 6.07) is 6.15. The van der Waals surface area contributed by atoms with Crippen molar-refractivity contribution in [3.63, 3.8) is 0 Å². The Bertz CT molecular complexity index is 552. The minimum absolute atomic E-state index is 0.164. The number of carbonyl (C=O) groups excluding carboxylic acids is 1. The zero-order chi connectivity index (χ0) is 16.2. The van der Waals surface area contributed by atoms with Crippen LogP contribution in [0, 0.1) is 11.8 Å². The maximum atomic E-state index is 12.3. The minimum atomic E-state index is 0.164. The lowest BCUT2D eigenvalue weighted by molar-refractivity contribution is -0.121. The summed E-state index contributed by atoms with van der Waals surface area (Å²) < 4.78 is 11.3. The molecule has 0 bridgehead atoms. The number of nitrogens with one attached hydrogen (secondary N) is 1. The summed E-state index contributed by atoms with van der Waals surface area (Å²) in [7, 11) is 0. The Morgan fingerprint density at radius 2 is 1.96 bits per heavy atom. The van der Waals surface area contributed by atoms with E-state index >= 15 is 0 Å². The van der Waals surface area contributed by atoms with Crippen LogP contribution in [0.4, 0.5) is 0 Å². The molecule has 1 fully saturated rings. The highest BCUT2D eigenvalue weighted by Crippen LogP contribution is 2.46. The zero-order valence-corrected chi connectivity index (χ0v) is 14.1. The molecule has 1 aromatic carbocycles. The Hall–Kier alpha value is -1.71. The van der Waals surface area contributed by atoms with Crippen molar-refractivity contribution in [1.82, 2.24) is 5.32 Å². The Morgan fingerprint density at radius 1 is 1.22 bits per heavy atom. The van der Waals surface area contributed by atoms with E-state index in [1.54, 1.807) is 0 Å². The first-order chi connectivity index (χ1) is 11.1. The number of ether oxygens (including phenoxy) is 2. The smallest absolute Gasteiger partial charge is 0.220 e. The van der Waals surface area contributed by atoms with E-state index in [1.165, 1.54) is 18.4 Å². The highest BCUT2D eigenvalue weighted by atomic mass is 16.6. The minimum Gasteiger partial charge on any atom is -0.486 e. The molecule has 1 atom stereocenters. The molecule has 4 nitrogen and oxygen atoms in total. The van der Waals surface area contributed by atoms with Crippen LogP contribution in [0.2, 0.25) is 0 Å².